The van der Waals surface area contributed by atoms with E-state index in [0.29, 0.717) is 17.9 Å². The Morgan fingerprint density at radius 3 is 2.50 bits per heavy atom. The molecular formula is C16H26BrN. The standard InChI is InChI=1S/C16H26BrN/c1-5-9-18-13(4)16(12(2)3)11-14-7-6-8-15(17)10-14/h6-8,10,12-13,16,18H,5,9,11H2,1-4H3. The SMILES string of the molecule is CCCNC(C)C(Cc1cccc(Br)c1)C(C)C. The van der Waals surface area contributed by atoms with Gasteiger partial charge in [0.1, 0.15) is 0 Å². The van der Waals surface area contributed by atoms with E-state index in [0.717, 1.165) is 13.0 Å². The first-order valence-electron chi connectivity index (χ1n) is 7.02. The second-order valence-electron chi connectivity index (χ2n) is 5.48. The minimum absolute atomic E-state index is 0.573. The molecule has 0 amide bonds. The summed E-state index contributed by atoms with van der Waals surface area (Å²) < 4.78 is 1.18. The van der Waals surface area contributed by atoms with E-state index in [9.17, 15) is 0 Å². The van der Waals surface area contributed by atoms with E-state index in [4.69, 9.17) is 0 Å². The third kappa shape index (κ3) is 5.11. The maximum atomic E-state index is 3.64. The topological polar surface area (TPSA) is 12.0 Å². The Morgan fingerprint density at radius 2 is 1.94 bits per heavy atom. The second kappa shape index (κ2) is 7.96. The summed E-state index contributed by atoms with van der Waals surface area (Å²) in [4.78, 5) is 0. The molecule has 0 aliphatic rings. The lowest BCUT2D eigenvalue weighted by atomic mass is 9.84. The van der Waals surface area contributed by atoms with Gasteiger partial charge in [0.05, 0.1) is 0 Å². The number of halogens is 1. The van der Waals surface area contributed by atoms with Gasteiger partial charge in [-0.3, -0.25) is 0 Å². The number of hydrogen-bond acceptors (Lipinski definition) is 1. The second-order valence-corrected chi connectivity index (χ2v) is 6.40. The van der Waals surface area contributed by atoms with E-state index in [1.54, 1.807) is 0 Å². The number of rotatable bonds is 7. The van der Waals surface area contributed by atoms with E-state index in [1.807, 2.05) is 0 Å². The van der Waals surface area contributed by atoms with Gasteiger partial charge in [0.25, 0.3) is 0 Å². The molecule has 0 spiro atoms. The molecular weight excluding hydrogens is 286 g/mol. The molecule has 1 rings (SSSR count). The summed E-state index contributed by atoms with van der Waals surface area (Å²) in [6.45, 7) is 10.3. The Balaban J connectivity index is 2.68. The van der Waals surface area contributed by atoms with Gasteiger partial charge in [-0.2, -0.15) is 0 Å². The predicted octanol–water partition coefficient (Wildman–Crippen LogP) is 4.65. The number of hydrogen-bond donors (Lipinski definition) is 1. The average Bonchev–Trinajstić information content (AvgIpc) is 2.32. The smallest absolute Gasteiger partial charge is 0.0177 e. The molecule has 0 aliphatic carbocycles. The molecule has 0 heterocycles. The summed E-state index contributed by atoms with van der Waals surface area (Å²) in [5, 5.41) is 3.64. The van der Waals surface area contributed by atoms with Crippen LogP contribution in [0.5, 0.6) is 0 Å². The van der Waals surface area contributed by atoms with Gasteiger partial charge in [-0.15, -0.1) is 0 Å². The molecule has 102 valence electrons. The third-order valence-corrected chi connectivity index (χ3v) is 4.07. The minimum Gasteiger partial charge on any atom is -0.314 e. The van der Waals surface area contributed by atoms with E-state index >= 15 is 0 Å². The van der Waals surface area contributed by atoms with Crippen molar-refractivity contribution in [1.29, 1.82) is 0 Å². The Hall–Kier alpha value is -0.340. The van der Waals surface area contributed by atoms with Crippen LogP contribution < -0.4 is 5.32 Å². The maximum absolute atomic E-state index is 3.64. The lowest BCUT2D eigenvalue weighted by Crippen LogP contribution is -2.37. The number of benzene rings is 1. The van der Waals surface area contributed by atoms with E-state index in [1.165, 1.54) is 16.5 Å². The molecule has 2 atom stereocenters. The Labute approximate surface area is 120 Å². The van der Waals surface area contributed by atoms with Crippen molar-refractivity contribution in [2.24, 2.45) is 11.8 Å². The fourth-order valence-electron chi connectivity index (χ4n) is 2.45. The quantitative estimate of drug-likeness (QED) is 0.772. The van der Waals surface area contributed by atoms with E-state index in [-0.39, 0.29) is 0 Å². The van der Waals surface area contributed by atoms with Crippen molar-refractivity contribution in [1.82, 2.24) is 5.32 Å². The Morgan fingerprint density at radius 1 is 1.22 bits per heavy atom. The molecule has 0 bridgehead atoms. The van der Waals surface area contributed by atoms with Gasteiger partial charge in [0.15, 0.2) is 0 Å². The van der Waals surface area contributed by atoms with Crippen LogP contribution in [0.1, 0.15) is 39.7 Å². The summed E-state index contributed by atoms with van der Waals surface area (Å²) in [5.41, 5.74) is 1.42. The average molecular weight is 312 g/mol. The summed E-state index contributed by atoms with van der Waals surface area (Å²) >= 11 is 3.55. The molecule has 2 unspecified atom stereocenters. The predicted molar refractivity (Wildman–Crippen MR) is 83.9 cm³/mol. The van der Waals surface area contributed by atoms with Crippen molar-refractivity contribution in [2.75, 3.05) is 6.54 Å². The molecule has 1 nitrogen and oxygen atoms in total. The highest BCUT2D eigenvalue weighted by molar-refractivity contribution is 9.10. The molecule has 0 saturated carbocycles. The highest BCUT2D eigenvalue weighted by atomic mass is 79.9. The first kappa shape index (κ1) is 15.7. The third-order valence-electron chi connectivity index (χ3n) is 3.58. The van der Waals surface area contributed by atoms with Crippen molar-refractivity contribution in [3.63, 3.8) is 0 Å². The van der Waals surface area contributed by atoms with Gasteiger partial charge < -0.3 is 5.32 Å². The Bertz CT molecular complexity index is 349. The summed E-state index contributed by atoms with van der Waals surface area (Å²) in [6, 6.07) is 9.26. The first-order valence-corrected chi connectivity index (χ1v) is 7.81. The summed E-state index contributed by atoms with van der Waals surface area (Å²) in [7, 11) is 0. The van der Waals surface area contributed by atoms with Crippen molar-refractivity contribution >= 4 is 15.9 Å². The lowest BCUT2D eigenvalue weighted by molar-refractivity contribution is 0.289. The lowest BCUT2D eigenvalue weighted by Gasteiger charge is -2.28. The number of nitrogens with one attached hydrogen (secondary N) is 1. The first-order chi connectivity index (χ1) is 8.54. The molecule has 0 saturated heterocycles. The van der Waals surface area contributed by atoms with Crippen LogP contribution in [-0.4, -0.2) is 12.6 Å². The van der Waals surface area contributed by atoms with Gasteiger partial charge in [-0.05, 0) is 55.8 Å². The van der Waals surface area contributed by atoms with Crippen LogP contribution in [0.3, 0.4) is 0 Å². The molecule has 2 heteroatoms. The fourth-order valence-corrected chi connectivity index (χ4v) is 2.90. The van der Waals surface area contributed by atoms with Crippen molar-refractivity contribution < 1.29 is 0 Å². The van der Waals surface area contributed by atoms with Gasteiger partial charge in [0, 0.05) is 10.5 Å². The van der Waals surface area contributed by atoms with Crippen LogP contribution in [0.2, 0.25) is 0 Å². The molecule has 0 radical (unpaired) electrons. The van der Waals surface area contributed by atoms with Crippen LogP contribution >= 0.6 is 15.9 Å². The van der Waals surface area contributed by atoms with Crippen molar-refractivity contribution in [2.45, 2.75) is 46.6 Å². The molecule has 1 aromatic rings. The zero-order chi connectivity index (χ0) is 13.5. The summed E-state index contributed by atoms with van der Waals surface area (Å²) in [5.74, 6) is 1.38. The minimum atomic E-state index is 0.573. The molecule has 0 aromatic heterocycles. The van der Waals surface area contributed by atoms with Gasteiger partial charge in [-0.25, -0.2) is 0 Å². The van der Waals surface area contributed by atoms with Gasteiger partial charge >= 0.3 is 0 Å². The molecule has 1 N–H and O–H groups in total. The van der Waals surface area contributed by atoms with Crippen molar-refractivity contribution in [3.05, 3.63) is 34.3 Å². The maximum Gasteiger partial charge on any atom is 0.0177 e. The van der Waals surface area contributed by atoms with Gasteiger partial charge in [-0.1, -0.05) is 48.8 Å². The molecule has 0 aliphatic heterocycles. The van der Waals surface area contributed by atoms with E-state index < -0.39 is 0 Å². The summed E-state index contributed by atoms with van der Waals surface area (Å²) in [6.07, 6.45) is 2.35. The largest absolute Gasteiger partial charge is 0.314 e. The van der Waals surface area contributed by atoms with Gasteiger partial charge in [0.2, 0.25) is 0 Å². The highest BCUT2D eigenvalue weighted by Crippen LogP contribution is 2.22. The van der Waals surface area contributed by atoms with Crippen molar-refractivity contribution in [3.8, 4) is 0 Å². The molecule has 18 heavy (non-hydrogen) atoms. The zero-order valence-electron chi connectivity index (χ0n) is 12.0. The van der Waals surface area contributed by atoms with E-state index in [2.05, 4.69) is 73.2 Å². The van der Waals surface area contributed by atoms with Crippen LogP contribution in [0.15, 0.2) is 28.7 Å². The highest BCUT2D eigenvalue weighted by Gasteiger charge is 2.20. The Kier molecular flexibility index (Phi) is 6.95. The van der Waals surface area contributed by atoms with Crippen LogP contribution in [-0.2, 0) is 6.42 Å². The zero-order valence-corrected chi connectivity index (χ0v) is 13.6. The van der Waals surface area contributed by atoms with Crippen LogP contribution in [0, 0.1) is 11.8 Å². The normalized spacial score (nSPS) is 14.8. The monoisotopic (exact) mass is 311 g/mol. The van der Waals surface area contributed by atoms with Crippen LogP contribution in [0.4, 0.5) is 0 Å². The molecule has 0 fully saturated rings. The molecule has 1 aromatic carbocycles. The fraction of sp³-hybridized carbons (Fsp3) is 0.625. The van der Waals surface area contributed by atoms with Crippen LogP contribution in [0.25, 0.3) is 0 Å².